The maximum Gasteiger partial charge on any atom is 0.0761 e. The van der Waals surface area contributed by atoms with E-state index in [4.69, 9.17) is 5.73 Å². The van der Waals surface area contributed by atoms with Crippen LogP contribution in [0.1, 0.15) is 39.5 Å². The van der Waals surface area contributed by atoms with Crippen LogP contribution in [0.2, 0.25) is 0 Å². The molecule has 4 rings (SSSR count). The Labute approximate surface area is 132 Å². The van der Waals surface area contributed by atoms with E-state index in [2.05, 4.69) is 19.9 Å². The van der Waals surface area contributed by atoms with Crippen LogP contribution in [0.15, 0.2) is 35.6 Å². The molecule has 0 bridgehead atoms. The monoisotopic (exact) mass is 301 g/mol. The van der Waals surface area contributed by atoms with Crippen molar-refractivity contribution in [2.45, 2.75) is 51.7 Å². The molecule has 2 unspecified atom stereocenters. The summed E-state index contributed by atoms with van der Waals surface area (Å²) in [7, 11) is 0. The summed E-state index contributed by atoms with van der Waals surface area (Å²) in [5, 5.41) is 21.3. The Morgan fingerprint density at radius 3 is 2.68 bits per heavy atom. The van der Waals surface area contributed by atoms with E-state index in [1.54, 1.807) is 0 Å². The molecule has 0 radical (unpaired) electrons. The van der Waals surface area contributed by atoms with Crippen LogP contribution >= 0.6 is 0 Å². The van der Waals surface area contributed by atoms with Gasteiger partial charge in [-0.25, -0.2) is 0 Å². The first kappa shape index (κ1) is 14.5. The Hall–Kier alpha value is -1.06. The summed E-state index contributed by atoms with van der Waals surface area (Å²) in [6.07, 6.45) is 11.7. The largest absolute Gasteiger partial charge is 0.399 e. The zero-order chi connectivity index (χ0) is 15.7. The van der Waals surface area contributed by atoms with E-state index in [1.807, 2.05) is 18.2 Å². The quantitative estimate of drug-likeness (QED) is 0.644. The van der Waals surface area contributed by atoms with Gasteiger partial charge in [0.1, 0.15) is 0 Å². The summed E-state index contributed by atoms with van der Waals surface area (Å²) < 4.78 is 0. The molecule has 2 saturated carbocycles. The normalized spacial score (nSPS) is 53.2. The van der Waals surface area contributed by atoms with Crippen LogP contribution in [-0.2, 0) is 0 Å². The number of rotatable bonds is 0. The van der Waals surface area contributed by atoms with Crippen LogP contribution in [0.5, 0.6) is 0 Å². The fourth-order valence-electron chi connectivity index (χ4n) is 5.95. The first-order chi connectivity index (χ1) is 10.4. The average Bonchev–Trinajstić information content (AvgIpc) is 2.77. The lowest BCUT2D eigenvalue weighted by Crippen LogP contribution is -2.53. The summed E-state index contributed by atoms with van der Waals surface area (Å²) in [4.78, 5) is 0. The maximum atomic E-state index is 10.8. The molecule has 120 valence electrons. The van der Waals surface area contributed by atoms with Crippen LogP contribution in [0.25, 0.3) is 0 Å². The first-order valence-electron chi connectivity index (χ1n) is 8.61. The predicted octanol–water partition coefficient (Wildman–Crippen LogP) is 2.51. The van der Waals surface area contributed by atoms with Gasteiger partial charge in [-0.3, -0.25) is 0 Å². The molecule has 4 aliphatic rings. The van der Waals surface area contributed by atoms with Gasteiger partial charge in [0, 0.05) is 11.1 Å². The van der Waals surface area contributed by atoms with Crippen molar-refractivity contribution in [3.63, 3.8) is 0 Å². The Bertz CT molecular complexity index is 592. The van der Waals surface area contributed by atoms with E-state index in [0.29, 0.717) is 11.8 Å². The molecule has 0 aromatic rings. The molecule has 0 spiro atoms. The lowest BCUT2D eigenvalue weighted by molar-refractivity contribution is -0.0881. The van der Waals surface area contributed by atoms with Crippen LogP contribution < -0.4 is 5.73 Å². The average molecular weight is 301 g/mol. The number of nitrogens with two attached hydrogens (primary N) is 1. The zero-order valence-electron chi connectivity index (χ0n) is 13.5. The molecule has 22 heavy (non-hydrogen) atoms. The van der Waals surface area contributed by atoms with Gasteiger partial charge in [-0.2, -0.15) is 0 Å². The van der Waals surface area contributed by atoms with Crippen molar-refractivity contribution in [2.75, 3.05) is 0 Å². The highest BCUT2D eigenvalue weighted by Crippen LogP contribution is 2.63. The Morgan fingerprint density at radius 1 is 1.14 bits per heavy atom. The molecule has 0 aromatic carbocycles. The molecule has 7 atom stereocenters. The third-order valence-electron chi connectivity index (χ3n) is 7.36. The number of hydrogen-bond donors (Lipinski definition) is 3. The number of fused-ring (bicyclic) bond motifs is 5. The minimum absolute atomic E-state index is 0.0168. The Balaban J connectivity index is 1.79. The van der Waals surface area contributed by atoms with E-state index in [1.165, 1.54) is 5.57 Å². The first-order valence-corrected chi connectivity index (χ1v) is 8.61. The Kier molecular flexibility index (Phi) is 2.96. The van der Waals surface area contributed by atoms with Gasteiger partial charge in [0.15, 0.2) is 0 Å². The van der Waals surface area contributed by atoms with Crippen molar-refractivity contribution < 1.29 is 10.2 Å². The van der Waals surface area contributed by atoms with Gasteiger partial charge in [0.05, 0.1) is 12.2 Å². The molecule has 0 heterocycles. The maximum absolute atomic E-state index is 10.8. The van der Waals surface area contributed by atoms with Crippen molar-refractivity contribution in [3.05, 3.63) is 35.6 Å². The third kappa shape index (κ3) is 1.70. The number of aliphatic hydroxyl groups excluding tert-OH is 2. The lowest BCUT2D eigenvalue weighted by Gasteiger charge is -2.56. The zero-order valence-corrected chi connectivity index (χ0v) is 13.5. The molecule has 0 aromatic heterocycles. The fourth-order valence-corrected chi connectivity index (χ4v) is 5.95. The smallest absolute Gasteiger partial charge is 0.0761 e. The summed E-state index contributed by atoms with van der Waals surface area (Å²) in [6.45, 7) is 4.52. The second kappa shape index (κ2) is 4.48. The van der Waals surface area contributed by atoms with Gasteiger partial charge < -0.3 is 15.9 Å². The van der Waals surface area contributed by atoms with Gasteiger partial charge in [0.25, 0.3) is 0 Å². The molecule has 0 saturated heterocycles. The fraction of sp³-hybridized carbons (Fsp3) is 0.684. The third-order valence-corrected chi connectivity index (χ3v) is 7.36. The molecule has 4 aliphatic carbocycles. The van der Waals surface area contributed by atoms with Gasteiger partial charge >= 0.3 is 0 Å². The number of allylic oxidation sites excluding steroid dienone is 4. The van der Waals surface area contributed by atoms with Gasteiger partial charge in [0.2, 0.25) is 0 Å². The molecular formula is C19H27NO2. The topological polar surface area (TPSA) is 66.5 Å². The van der Waals surface area contributed by atoms with Crippen molar-refractivity contribution >= 4 is 0 Å². The van der Waals surface area contributed by atoms with Crippen molar-refractivity contribution in [2.24, 2.45) is 34.3 Å². The highest BCUT2D eigenvalue weighted by Gasteiger charge is 2.59. The number of hydrogen-bond acceptors (Lipinski definition) is 3. The van der Waals surface area contributed by atoms with E-state index < -0.39 is 6.10 Å². The van der Waals surface area contributed by atoms with Gasteiger partial charge in [-0.15, -0.1) is 0 Å². The summed E-state index contributed by atoms with van der Waals surface area (Å²) in [6, 6.07) is 0. The summed E-state index contributed by atoms with van der Waals surface area (Å²) >= 11 is 0. The molecule has 4 N–H and O–H groups in total. The SMILES string of the molecule is C[C@]12C=CC(N)=CC1=CC(O)[C@@H]1[C@H]2CC[C@]2(C)C(O)CC[C@@H]12. The highest BCUT2D eigenvalue weighted by molar-refractivity contribution is 5.45. The molecule has 0 aliphatic heterocycles. The second-order valence-electron chi connectivity index (χ2n) is 8.30. The lowest BCUT2D eigenvalue weighted by atomic mass is 9.49. The minimum Gasteiger partial charge on any atom is -0.399 e. The second-order valence-corrected chi connectivity index (χ2v) is 8.30. The van der Waals surface area contributed by atoms with Crippen molar-refractivity contribution in [1.82, 2.24) is 0 Å². The standard InChI is InChI=1S/C19H27NO2/c1-18-7-5-12(20)9-11(18)10-15(21)17-13-3-4-16(22)19(13,2)8-6-14(17)18/h5,7,9-10,13-17,21-22H,3-4,6,8,20H2,1-2H3/t13-,14+,15?,16?,17-,18-,19-/m0/s1. The minimum atomic E-state index is -0.418. The highest BCUT2D eigenvalue weighted by atomic mass is 16.3. The summed E-state index contributed by atoms with van der Waals surface area (Å²) in [5.74, 6) is 1.11. The molecular weight excluding hydrogens is 274 g/mol. The predicted molar refractivity (Wildman–Crippen MR) is 86.7 cm³/mol. The van der Waals surface area contributed by atoms with E-state index in [9.17, 15) is 10.2 Å². The number of aliphatic hydroxyl groups is 2. The van der Waals surface area contributed by atoms with Gasteiger partial charge in [-0.1, -0.05) is 26.0 Å². The summed E-state index contributed by atoms with van der Waals surface area (Å²) in [5.41, 5.74) is 7.85. The van der Waals surface area contributed by atoms with Crippen molar-refractivity contribution in [1.29, 1.82) is 0 Å². The van der Waals surface area contributed by atoms with Crippen molar-refractivity contribution in [3.8, 4) is 0 Å². The van der Waals surface area contributed by atoms with E-state index >= 15 is 0 Å². The van der Waals surface area contributed by atoms with Crippen LogP contribution in [-0.4, -0.2) is 22.4 Å². The molecule has 2 fully saturated rings. The van der Waals surface area contributed by atoms with Crippen LogP contribution in [0.4, 0.5) is 0 Å². The molecule has 3 heteroatoms. The Morgan fingerprint density at radius 2 is 1.91 bits per heavy atom. The van der Waals surface area contributed by atoms with Gasteiger partial charge in [-0.05, 0) is 66.6 Å². The van der Waals surface area contributed by atoms with Crippen LogP contribution in [0.3, 0.4) is 0 Å². The molecule has 3 nitrogen and oxygen atoms in total. The van der Waals surface area contributed by atoms with E-state index in [0.717, 1.165) is 31.4 Å². The molecule has 0 amide bonds. The van der Waals surface area contributed by atoms with Crippen LogP contribution in [0, 0.1) is 28.6 Å². The van der Waals surface area contributed by atoms with E-state index in [-0.39, 0.29) is 22.9 Å².